The number of aryl methyl sites for hydroxylation is 2. The number of nitrogens with one attached hydrogen (secondary N) is 1. The van der Waals surface area contributed by atoms with Crippen molar-refractivity contribution in [1.82, 2.24) is 5.32 Å². The molecule has 1 amide bonds. The summed E-state index contributed by atoms with van der Waals surface area (Å²) in [5, 5.41) is 22.8. The van der Waals surface area contributed by atoms with Gasteiger partial charge in [0.25, 0.3) is 5.91 Å². The molecule has 3 N–H and O–H groups in total. The van der Waals surface area contributed by atoms with Gasteiger partial charge in [0.15, 0.2) is 0 Å². The molecule has 0 aliphatic carbocycles. The molecule has 0 saturated heterocycles. The molecule has 37 heavy (non-hydrogen) atoms. The van der Waals surface area contributed by atoms with E-state index in [9.17, 15) is 19.8 Å². The maximum Gasteiger partial charge on any atom is 0.328 e. The van der Waals surface area contributed by atoms with Crippen molar-refractivity contribution < 1.29 is 24.5 Å². The molecule has 2 aromatic rings. The third-order valence-corrected chi connectivity index (χ3v) is 8.04. The van der Waals surface area contributed by atoms with Gasteiger partial charge in [-0.25, -0.2) is 4.79 Å². The van der Waals surface area contributed by atoms with E-state index in [2.05, 4.69) is 31.3 Å². The topological polar surface area (TPSA) is 95.9 Å². The number of hydrogen-bond acceptors (Lipinski definition) is 4. The summed E-state index contributed by atoms with van der Waals surface area (Å²) in [4.78, 5) is 24.3. The molecule has 6 heteroatoms. The third kappa shape index (κ3) is 6.35. The molecular formula is C31H45NO5. The lowest BCUT2D eigenvalue weighted by Gasteiger charge is -2.37. The first-order valence-corrected chi connectivity index (χ1v) is 13.0. The van der Waals surface area contributed by atoms with Crippen LogP contribution in [0.4, 0.5) is 0 Å². The van der Waals surface area contributed by atoms with E-state index in [1.165, 1.54) is 13.8 Å². The lowest BCUT2D eigenvalue weighted by atomic mass is 9.70. The van der Waals surface area contributed by atoms with Gasteiger partial charge in [0, 0.05) is 11.0 Å². The van der Waals surface area contributed by atoms with E-state index < -0.39 is 23.0 Å². The summed E-state index contributed by atoms with van der Waals surface area (Å²) < 4.78 is 6.05. The standard InChI is InChI=1S/C31H45NO5/c1-11-31(12-2,22-13-15-24(20(3)17-22)26(33)32-29(8,9)27(34)35)23-14-16-25(21(4)18-23)37-19-30(10,36)28(5,6)7/h13-18,36H,11-12,19H2,1-10H3,(H,32,33)(H,34,35). The number of carboxylic acids is 1. The van der Waals surface area contributed by atoms with Gasteiger partial charge in [-0.2, -0.15) is 0 Å². The summed E-state index contributed by atoms with van der Waals surface area (Å²) >= 11 is 0. The van der Waals surface area contributed by atoms with Crippen LogP contribution in [-0.4, -0.2) is 39.8 Å². The van der Waals surface area contributed by atoms with Crippen LogP contribution in [-0.2, 0) is 10.2 Å². The van der Waals surface area contributed by atoms with E-state index in [0.29, 0.717) is 5.56 Å². The van der Waals surface area contributed by atoms with Crippen LogP contribution < -0.4 is 10.1 Å². The first-order chi connectivity index (χ1) is 16.9. The molecule has 0 saturated carbocycles. The molecule has 2 rings (SSSR count). The van der Waals surface area contributed by atoms with E-state index in [1.54, 1.807) is 13.0 Å². The highest BCUT2D eigenvalue weighted by Crippen LogP contribution is 2.41. The minimum atomic E-state index is -1.36. The largest absolute Gasteiger partial charge is 0.490 e. The summed E-state index contributed by atoms with van der Waals surface area (Å²) in [6.07, 6.45) is 1.72. The predicted octanol–water partition coefficient (Wildman–Crippen LogP) is 6.18. The van der Waals surface area contributed by atoms with Crippen molar-refractivity contribution in [2.75, 3.05) is 6.61 Å². The Morgan fingerprint density at radius 3 is 1.81 bits per heavy atom. The first kappa shape index (κ1) is 30.4. The van der Waals surface area contributed by atoms with Gasteiger partial charge in [0.05, 0.1) is 0 Å². The van der Waals surface area contributed by atoms with E-state index in [4.69, 9.17) is 4.74 Å². The molecule has 1 unspecified atom stereocenters. The molecule has 0 fully saturated rings. The summed E-state index contributed by atoms with van der Waals surface area (Å²) in [6, 6.07) is 12.0. The van der Waals surface area contributed by atoms with Crippen molar-refractivity contribution in [3.05, 3.63) is 64.2 Å². The van der Waals surface area contributed by atoms with Crippen molar-refractivity contribution in [2.45, 2.75) is 98.6 Å². The molecule has 0 radical (unpaired) electrons. The Kier molecular flexibility index (Phi) is 8.91. The molecule has 204 valence electrons. The normalized spacial score (nSPS) is 14.1. The fraction of sp³-hybridized carbons (Fsp3) is 0.548. The zero-order valence-corrected chi connectivity index (χ0v) is 24.2. The minimum Gasteiger partial charge on any atom is -0.490 e. The highest BCUT2D eigenvalue weighted by atomic mass is 16.5. The van der Waals surface area contributed by atoms with E-state index >= 15 is 0 Å². The Balaban J connectivity index is 2.40. The first-order valence-electron chi connectivity index (χ1n) is 13.0. The van der Waals surface area contributed by atoms with Crippen LogP contribution in [0.25, 0.3) is 0 Å². The van der Waals surface area contributed by atoms with Gasteiger partial charge >= 0.3 is 5.97 Å². The highest BCUT2D eigenvalue weighted by Gasteiger charge is 2.37. The fourth-order valence-electron chi connectivity index (χ4n) is 4.40. The second-order valence-electron chi connectivity index (χ2n) is 12.0. The highest BCUT2D eigenvalue weighted by molar-refractivity contribution is 5.98. The van der Waals surface area contributed by atoms with Crippen molar-refractivity contribution >= 4 is 11.9 Å². The molecule has 6 nitrogen and oxygen atoms in total. The van der Waals surface area contributed by atoms with Crippen molar-refractivity contribution in [3.8, 4) is 5.75 Å². The Labute approximate surface area is 222 Å². The average Bonchev–Trinajstić information content (AvgIpc) is 2.78. The van der Waals surface area contributed by atoms with E-state index in [-0.39, 0.29) is 17.4 Å². The number of ether oxygens (including phenoxy) is 1. The fourth-order valence-corrected chi connectivity index (χ4v) is 4.40. The molecule has 0 aliphatic heterocycles. The molecule has 0 heterocycles. The number of hydrogen-bond donors (Lipinski definition) is 3. The summed E-state index contributed by atoms with van der Waals surface area (Å²) in [5.41, 5.74) is 1.61. The van der Waals surface area contributed by atoms with Crippen LogP contribution in [0.3, 0.4) is 0 Å². The van der Waals surface area contributed by atoms with Crippen LogP contribution in [0.2, 0.25) is 0 Å². The molecule has 0 aromatic heterocycles. The number of benzene rings is 2. The van der Waals surface area contributed by atoms with Gasteiger partial charge in [-0.05, 0) is 87.3 Å². The summed E-state index contributed by atoms with van der Waals surface area (Å²) in [6.45, 7) is 19.1. The number of aliphatic hydroxyl groups is 1. The maximum atomic E-state index is 12.8. The maximum absolute atomic E-state index is 12.8. The number of rotatable bonds is 10. The lowest BCUT2D eigenvalue weighted by Crippen LogP contribution is -2.49. The van der Waals surface area contributed by atoms with Crippen LogP contribution >= 0.6 is 0 Å². The van der Waals surface area contributed by atoms with Crippen molar-refractivity contribution in [1.29, 1.82) is 0 Å². The van der Waals surface area contributed by atoms with Gasteiger partial charge in [-0.15, -0.1) is 0 Å². The number of carboxylic acid groups (broad SMARTS) is 1. The lowest BCUT2D eigenvalue weighted by molar-refractivity contribution is -0.143. The summed E-state index contributed by atoms with van der Waals surface area (Å²) in [5.74, 6) is -0.743. The SMILES string of the molecule is CCC(CC)(c1ccc(OCC(C)(O)C(C)(C)C)c(C)c1)c1ccc(C(=O)NC(C)(C)C(=O)O)c(C)c1. The van der Waals surface area contributed by atoms with Gasteiger partial charge in [-0.3, -0.25) is 4.79 Å². The quantitative estimate of drug-likeness (QED) is 0.354. The number of amides is 1. The van der Waals surface area contributed by atoms with Crippen LogP contribution in [0.15, 0.2) is 36.4 Å². The van der Waals surface area contributed by atoms with Gasteiger partial charge < -0.3 is 20.3 Å². The Morgan fingerprint density at radius 2 is 1.38 bits per heavy atom. The molecule has 0 spiro atoms. The second-order valence-corrected chi connectivity index (χ2v) is 12.0. The van der Waals surface area contributed by atoms with Crippen molar-refractivity contribution in [3.63, 3.8) is 0 Å². The molecule has 1 atom stereocenters. The Bertz CT molecular complexity index is 1140. The molecule has 0 aliphatic rings. The summed E-state index contributed by atoms with van der Waals surface area (Å²) in [7, 11) is 0. The zero-order chi connectivity index (χ0) is 28.4. The van der Waals surface area contributed by atoms with Crippen LogP contribution in [0, 0.1) is 19.3 Å². The smallest absolute Gasteiger partial charge is 0.328 e. The molecular weight excluding hydrogens is 466 g/mol. The zero-order valence-electron chi connectivity index (χ0n) is 24.2. The van der Waals surface area contributed by atoms with Crippen LogP contribution in [0.5, 0.6) is 5.75 Å². The Hall–Kier alpha value is -2.86. The predicted molar refractivity (Wildman–Crippen MR) is 148 cm³/mol. The van der Waals surface area contributed by atoms with Crippen molar-refractivity contribution in [2.24, 2.45) is 5.41 Å². The Morgan fingerprint density at radius 1 is 0.865 bits per heavy atom. The van der Waals surface area contributed by atoms with Gasteiger partial charge in [-0.1, -0.05) is 58.9 Å². The number of aliphatic carboxylic acids is 1. The van der Waals surface area contributed by atoms with Crippen LogP contribution in [0.1, 0.15) is 101 Å². The van der Waals surface area contributed by atoms with E-state index in [0.717, 1.165) is 40.8 Å². The number of carbonyl (C=O) groups is 2. The van der Waals surface area contributed by atoms with Gasteiger partial charge in [0.1, 0.15) is 23.5 Å². The number of carbonyl (C=O) groups excluding carboxylic acids is 1. The van der Waals surface area contributed by atoms with E-state index in [1.807, 2.05) is 52.8 Å². The molecule has 2 aromatic carbocycles. The van der Waals surface area contributed by atoms with Gasteiger partial charge in [0.2, 0.25) is 0 Å². The average molecular weight is 512 g/mol. The third-order valence-electron chi connectivity index (χ3n) is 8.04. The monoisotopic (exact) mass is 511 g/mol. The second kappa shape index (κ2) is 10.9. The molecule has 0 bridgehead atoms. The minimum absolute atomic E-state index is 0.199.